The summed E-state index contributed by atoms with van der Waals surface area (Å²) in [5.41, 5.74) is 3.14. The number of alkyl halides is 3. The molecule has 0 saturated heterocycles. The van der Waals surface area contributed by atoms with E-state index in [0.29, 0.717) is 5.56 Å². The van der Waals surface area contributed by atoms with Crippen LogP contribution in [0.2, 0.25) is 0 Å². The molecule has 0 atom stereocenters. The minimum atomic E-state index is -4.34. The third kappa shape index (κ3) is 3.37. The fourth-order valence-electron chi connectivity index (χ4n) is 3.61. The molecule has 27 heavy (non-hydrogen) atoms. The Labute approximate surface area is 154 Å². The molecule has 0 fully saturated rings. The number of fused-ring (bicyclic) bond motifs is 3. The summed E-state index contributed by atoms with van der Waals surface area (Å²) in [6.07, 6.45) is 0.127. The van der Waals surface area contributed by atoms with Crippen molar-refractivity contribution in [3.8, 4) is 0 Å². The second-order valence-electron chi connectivity index (χ2n) is 6.88. The first-order valence-electron chi connectivity index (χ1n) is 8.68. The van der Waals surface area contributed by atoms with Crippen LogP contribution in [0.1, 0.15) is 22.4 Å². The van der Waals surface area contributed by atoms with E-state index in [4.69, 9.17) is 0 Å². The fraction of sp³-hybridized carbons (Fsp3) is 0.238. The number of hydrogen-bond donors (Lipinski definition) is 0. The summed E-state index contributed by atoms with van der Waals surface area (Å²) in [6.45, 7) is 1.65. The van der Waals surface area contributed by atoms with E-state index in [-0.39, 0.29) is 5.82 Å². The van der Waals surface area contributed by atoms with Crippen LogP contribution >= 0.6 is 0 Å². The monoisotopic (exact) mass is 374 g/mol. The number of aromatic nitrogens is 1. The molecule has 0 bridgehead atoms. The van der Waals surface area contributed by atoms with Gasteiger partial charge in [0, 0.05) is 36.8 Å². The molecule has 1 aliphatic heterocycles. The van der Waals surface area contributed by atoms with Crippen molar-refractivity contribution >= 4 is 23.2 Å². The van der Waals surface area contributed by atoms with Gasteiger partial charge in [0.05, 0.1) is 11.1 Å². The Kier molecular flexibility index (Phi) is 4.30. The van der Waals surface area contributed by atoms with Crippen molar-refractivity contribution in [2.75, 3.05) is 13.6 Å². The van der Waals surface area contributed by atoms with Gasteiger partial charge in [-0.3, -0.25) is 0 Å². The Bertz CT molecular complexity index is 1010. The molecule has 0 N–H and O–H groups in total. The van der Waals surface area contributed by atoms with Gasteiger partial charge in [-0.25, -0.2) is 4.39 Å². The largest absolute Gasteiger partial charge is 0.416 e. The van der Waals surface area contributed by atoms with Gasteiger partial charge < -0.3 is 9.47 Å². The van der Waals surface area contributed by atoms with E-state index >= 15 is 0 Å². The molecule has 1 aliphatic rings. The highest BCUT2D eigenvalue weighted by atomic mass is 19.4. The molecule has 2 aromatic carbocycles. The molecule has 0 spiro atoms. The maximum atomic E-state index is 13.8. The second-order valence-corrected chi connectivity index (χ2v) is 6.88. The first kappa shape index (κ1) is 17.8. The summed E-state index contributed by atoms with van der Waals surface area (Å²) in [4.78, 5) is 2.19. The molecule has 140 valence electrons. The van der Waals surface area contributed by atoms with E-state index in [1.807, 2.05) is 17.8 Å². The Morgan fingerprint density at radius 2 is 1.78 bits per heavy atom. The predicted molar refractivity (Wildman–Crippen MR) is 98.6 cm³/mol. The topological polar surface area (TPSA) is 8.17 Å². The lowest BCUT2D eigenvalue weighted by molar-refractivity contribution is -0.137. The zero-order valence-corrected chi connectivity index (χ0v) is 14.7. The van der Waals surface area contributed by atoms with Gasteiger partial charge in [-0.15, -0.1) is 0 Å². The number of nitrogens with zero attached hydrogens (tertiary/aromatic N) is 2. The molecule has 6 heteroatoms. The fourth-order valence-corrected chi connectivity index (χ4v) is 3.61. The zero-order chi connectivity index (χ0) is 19.2. The average Bonchev–Trinajstić information content (AvgIpc) is 2.92. The number of likely N-dealkylation sites (N-methyl/N-ethyl adjacent to an activating group) is 1. The van der Waals surface area contributed by atoms with Crippen molar-refractivity contribution in [1.82, 2.24) is 9.47 Å². The first-order valence-corrected chi connectivity index (χ1v) is 8.68. The smallest absolute Gasteiger partial charge is 0.320 e. The Hall–Kier alpha value is -2.60. The summed E-state index contributed by atoms with van der Waals surface area (Å²) < 4.78 is 53.9. The van der Waals surface area contributed by atoms with Crippen LogP contribution < -0.4 is 0 Å². The van der Waals surface area contributed by atoms with Crippen LogP contribution in [0.3, 0.4) is 0 Å². The van der Waals surface area contributed by atoms with Crippen LogP contribution in [0.25, 0.3) is 23.2 Å². The molecular formula is C21H18F4N2. The first-order chi connectivity index (χ1) is 12.8. The van der Waals surface area contributed by atoms with Crippen molar-refractivity contribution < 1.29 is 17.6 Å². The Morgan fingerprint density at radius 1 is 1.04 bits per heavy atom. The third-order valence-electron chi connectivity index (χ3n) is 4.99. The maximum absolute atomic E-state index is 13.8. The number of benzene rings is 2. The van der Waals surface area contributed by atoms with Crippen LogP contribution in [-0.4, -0.2) is 23.1 Å². The van der Waals surface area contributed by atoms with Crippen LogP contribution in [0, 0.1) is 5.82 Å². The van der Waals surface area contributed by atoms with Crippen LogP contribution in [0.5, 0.6) is 0 Å². The average molecular weight is 374 g/mol. The minimum Gasteiger partial charge on any atom is -0.320 e. The van der Waals surface area contributed by atoms with E-state index in [0.717, 1.165) is 53.8 Å². The molecular weight excluding hydrogens is 356 g/mol. The molecule has 1 aromatic heterocycles. The molecule has 0 radical (unpaired) electrons. The zero-order valence-electron chi connectivity index (χ0n) is 14.7. The van der Waals surface area contributed by atoms with E-state index in [9.17, 15) is 17.6 Å². The van der Waals surface area contributed by atoms with Crippen molar-refractivity contribution in [3.05, 3.63) is 70.7 Å². The third-order valence-corrected chi connectivity index (χ3v) is 4.99. The van der Waals surface area contributed by atoms with Gasteiger partial charge in [0.15, 0.2) is 0 Å². The van der Waals surface area contributed by atoms with E-state index in [2.05, 4.69) is 4.90 Å². The molecule has 0 saturated carbocycles. The van der Waals surface area contributed by atoms with Gasteiger partial charge in [-0.1, -0.05) is 12.1 Å². The minimum absolute atomic E-state index is 0.276. The normalized spacial score (nSPS) is 15.6. The van der Waals surface area contributed by atoms with Gasteiger partial charge in [-0.2, -0.15) is 13.2 Å². The molecule has 0 unspecified atom stereocenters. The number of halogens is 4. The highest BCUT2D eigenvalue weighted by Gasteiger charge is 2.29. The van der Waals surface area contributed by atoms with Crippen molar-refractivity contribution in [2.45, 2.75) is 19.1 Å². The highest BCUT2D eigenvalue weighted by molar-refractivity contribution is 5.88. The van der Waals surface area contributed by atoms with Crippen LogP contribution in [-0.2, 0) is 19.1 Å². The summed E-state index contributed by atoms with van der Waals surface area (Å²) in [5.74, 6) is -0.276. The van der Waals surface area contributed by atoms with Gasteiger partial charge in [-0.05, 0) is 54.6 Å². The van der Waals surface area contributed by atoms with Crippen molar-refractivity contribution in [2.24, 2.45) is 0 Å². The lowest BCUT2D eigenvalue weighted by Gasteiger charge is -2.23. The highest BCUT2D eigenvalue weighted by Crippen LogP contribution is 2.32. The van der Waals surface area contributed by atoms with E-state index in [1.54, 1.807) is 18.2 Å². The summed E-state index contributed by atoms with van der Waals surface area (Å²) >= 11 is 0. The maximum Gasteiger partial charge on any atom is 0.416 e. The van der Waals surface area contributed by atoms with Gasteiger partial charge in [0.25, 0.3) is 0 Å². The Balaban J connectivity index is 1.75. The van der Waals surface area contributed by atoms with Crippen molar-refractivity contribution in [3.63, 3.8) is 0 Å². The standard InChI is InChI=1S/C21H18F4N2/c1-26-10-9-20-18(13-26)17-12-16(22)6-7-19(17)27(20)11-8-14-2-4-15(5-3-14)21(23,24)25/h2-8,11-12H,9-10,13H2,1H3/b11-8-. The molecule has 0 amide bonds. The van der Waals surface area contributed by atoms with Gasteiger partial charge >= 0.3 is 6.18 Å². The van der Waals surface area contributed by atoms with Crippen LogP contribution in [0.4, 0.5) is 17.6 Å². The molecule has 2 heterocycles. The van der Waals surface area contributed by atoms with Gasteiger partial charge in [0.2, 0.25) is 0 Å². The Morgan fingerprint density at radius 3 is 2.48 bits per heavy atom. The van der Waals surface area contributed by atoms with Crippen molar-refractivity contribution in [1.29, 1.82) is 0 Å². The number of rotatable bonds is 2. The van der Waals surface area contributed by atoms with Gasteiger partial charge in [0.1, 0.15) is 5.82 Å². The lowest BCUT2D eigenvalue weighted by atomic mass is 10.1. The molecule has 2 nitrogen and oxygen atoms in total. The van der Waals surface area contributed by atoms with Crippen LogP contribution in [0.15, 0.2) is 42.5 Å². The quantitative estimate of drug-likeness (QED) is 0.544. The predicted octanol–water partition coefficient (Wildman–Crippen LogP) is 5.42. The van der Waals surface area contributed by atoms with E-state index < -0.39 is 11.7 Å². The molecule has 3 aromatic rings. The van der Waals surface area contributed by atoms with E-state index in [1.165, 1.54) is 18.2 Å². The second kappa shape index (κ2) is 6.53. The lowest BCUT2D eigenvalue weighted by Crippen LogP contribution is -2.26. The summed E-state index contributed by atoms with van der Waals surface area (Å²) in [7, 11) is 2.03. The number of hydrogen-bond acceptors (Lipinski definition) is 1. The molecule has 0 aliphatic carbocycles. The summed E-state index contributed by atoms with van der Waals surface area (Å²) in [5, 5.41) is 0.883. The SMILES string of the molecule is CN1CCc2c(c3cc(F)ccc3n2/C=C\c2ccc(C(F)(F)F)cc2)C1. The summed E-state index contributed by atoms with van der Waals surface area (Å²) in [6, 6.07) is 9.78. The molecule has 4 rings (SSSR count).